The molecular formula is C26H35N3O4S. The highest BCUT2D eigenvalue weighted by atomic mass is 32.1. The highest BCUT2D eigenvalue weighted by Crippen LogP contribution is 2.28. The molecule has 34 heavy (non-hydrogen) atoms. The van der Waals surface area contributed by atoms with Gasteiger partial charge >= 0.3 is 0 Å². The average molecular weight is 486 g/mol. The molecule has 1 aromatic heterocycles. The lowest BCUT2D eigenvalue weighted by atomic mass is 9.98. The van der Waals surface area contributed by atoms with E-state index in [-0.39, 0.29) is 48.8 Å². The van der Waals surface area contributed by atoms with Crippen molar-refractivity contribution < 1.29 is 19.5 Å². The molecule has 1 aromatic carbocycles. The average Bonchev–Trinajstić information content (AvgIpc) is 3.40. The molecule has 0 aliphatic carbocycles. The van der Waals surface area contributed by atoms with E-state index in [4.69, 9.17) is 0 Å². The van der Waals surface area contributed by atoms with Gasteiger partial charge in [-0.25, -0.2) is 4.98 Å². The molecule has 7 nitrogen and oxygen atoms in total. The van der Waals surface area contributed by atoms with Gasteiger partial charge in [0, 0.05) is 25.3 Å². The predicted octanol–water partition coefficient (Wildman–Crippen LogP) is 3.38. The van der Waals surface area contributed by atoms with Crippen LogP contribution in [0.3, 0.4) is 0 Å². The third kappa shape index (κ3) is 6.10. The third-order valence-corrected chi connectivity index (χ3v) is 7.29. The summed E-state index contributed by atoms with van der Waals surface area (Å²) in [7, 11) is 0. The maximum Gasteiger partial charge on any atom is 0.246 e. The van der Waals surface area contributed by atoms with E-state index in [1.165, 1.54) is 4.90 Å². The number of aryl methyl sites for hydroxylation is 2. The van der Waals surface area contributed by atoms with E-state index in [2.05, 4.69) is 10.3 Å². The van der Waals surface area contributed by atoms with Gasteiger partial charge in [0.25, 0.3) is 0 Å². The van der Waals surface area contributed by atoms with Crippen molar-refractivity contribution in [3.63, 3.8) is 0 Å². The summed E-state index contributed by atoms with van der Waals surface area (Å²) in [6.45, 7) is 9.37. The molecule has 0 saturated carbocycles. The summed E-state index contributed by atoms with van der Waals surface area (Å²) < 4.78 is 0. The molecule has 3 rings (SSSR count). The van der Waals surface area contributed by atoms with Gasteiger partial charge in [0.05, 0.1) is 28.2 Å². The van der Waals surface area contributed by atoms with Crippen molar-refractivity contribution in [3.05, 3.63) is 41.0 Å². The number of carbonyl (C=O) groups excluding carboxylic acids is 3. The maximum atomic E-state index is 13.3. The largest absolute Gasteiger partial charge is 0.391 e. The molecule has 2 amide bonds. The molecule has 0 unspecified atom stereocenters. The number of Topliss-reactive ketones (excluding diaryl/α,β-unsaturated/α-hetero) is 1. The number of amides is 2. The molecule has 2 heterocycles. The van der Waals surface area contributed by atoms with Crippen LogP contribution in [0.5, 0.6) is 0 Å². The standard InChI is InChI=1S/C26H35N3O4S/c1-15(2)23(28-25(32)16(3)4)26(33)29-13-20(30)12-21(29)22(31)11-8-18-6-9-19(10-7-18)24-17(5)27-14-34-24/h6-7,9-10,14-16,20-21,23,30H,8,11-13H2,1-5H3,(H,28,32)/t20-,21+,23+/m1/s1. The quantitative estimate of drug-likeness (QED) is 0.567. The first-order chi connectivity index (χ1) is 16.1. The van der Waals surface area contributed by atoms with Crippen molar-refractivity contribution in [3.8, 4) is 10.4 Å². The number of nitrogens with one attached hydrogen (secondary N) is 1. The van der Waals surface area contributed by atoms with Crippen molar-refractivity contribution >= 4 is 28.9 Å². The number of aromatic nitrogens is 1. The smallest absolute Gasteiger partial charge is 0.246 e. The van der Waals surface area contributed by atoms with E-state index < -0.39 is 18.2 Å². The number of carbonyl (C=O) groups is 3. The fraction of sp³-hybridized carbons (Fsp3) is 0.538. The van der Waals surface area contributed by atoms with Crippen LogP contribution >= 0.6 is 11.3 Å². The zero-order valence-electron chi connectivity index (χ0n) is 20.6. The van der Waals surface area contributed by atoms with E-state index in [0.29, 0.717) is 6.42 Å². The fourth-order valence-electron chi connectivity index (χ4n) is 4.21. The van der Waals surface area contributed by atoms with Crippen molar-refractivity contribution in [2.75, 3.05) is 6.54 Å². The lowest BCUT2D eigenvalue weighted by Gasteiger charge is -2.30. The first-order valence-electron chi connectivity index (χ1n) is 11.9. The predicted molar refractivity (Wildman–Crippen MR) is 133 cm³/mol. The minimum Gasteiger partial charge on any atom is -0.391 e. The molecule has 0 radical (unpaired) electrons. The summed E-state index contributed by atoms with van der Waals surface area (Å²) in [4.78, 5) is 45.5. The minimum absolute atomic E-state index is 0.0648. The number of likely N-dealkylation sites (tertiary alicyclic amines) is 1. The molecule has 0 spiro atoms. The monoisotopic (exact) mass is 485 g/mol. The van der Waals surface area contributed by atoms with Gasteiger partial charge in [-0.1, -0.05) is 52.0 Å². The molecule has 1 aliphatic heterocycles. The number of ketones is 1. The van der Waals surface area contributed by atoms with Crippen molar-refractivity contribution in [2.24, 2.45) is 11.8 Å². The molecule has 8 heteroatoms. The Kier molecular flexibility index (Phi) is 8.60. The Bertz CT molecular complexity index is 1020. The topological polar surface area (TPSA) is 99.6 Å². The normalized spacial score (nSPS) is 19.0. The van der Waals surface area contributed by atoms with Crippen LogP contribution in [0.15, 0.2) is 29.8 Å². The van der Waals surface area contributed by atoms with Gasteiger partial charge in [0.1, 0.15) is 6.04 Å². The van der Waals surface area contributed by atoms with Crippen LogP contribution < -0.4 is 5.32 Å². The second kappa shape index (κ2) is 11.2. The van der Waals surface area contributed by atoms with Gasteiger partial charge in [0.2, 0.25) is 11.8 Å². The van der Waals surface area contributed by atoms with Crippen LogP contribution in [0.4, 0.5) is 0 Å². The highest BCUT2D eigenvalue weighted by molar-refractivity contribution is 7.13. The van der Waals surface area contributed by atoms with Crippen molar-refractivity contribution in [1.82, 2.24) is 15.2 Å². The van der Waals surface area contributed by atoms with Gasteiger partial charge < -0.3 is 15.3 Å². The van der Waals surface area contributed by atoms with Crippen LogP contribution in [0.1, 0.15) is 51.8 Å². The number of β-amino-alcohol motifs (C(OH)–C–C–N with tert-alkyl or cyclic N) is 1. The molecule has 184 valence electrons. The zero-order valence-corrected chi connectivity index (χ0v) is 21.4. The molecule has 1 fully saturated rings. The van der Waals surface area contributed by atoms with Crippen LogP contribution in [0.25, 0.3) is 10.4 Å². The molecule has 0 bridgehead atoms. The van der Waals surface area contributed by atoms with Crippen LogP contribution in [-0.4, -0.2) is 57.3 Å². The third-order valence-electron chi connectivity index (χ3n) is 6.31. The van der Waals surface area contributed by atoms with Gasteiger partial charge in [-0.2, -0.15) is 0 Å². The van der Waals surface area contributed by atoms with Gasteiger partial charge in [-0.05, 0) is 30.4 Å². The number of rotatable bonds is 9. The van der Waals surface area contributed by atoms with Crippen molar-refractivity contribution in [1.29, 1.82) is 0 Å². The minimum atomic E-state index is -0.742. The van der Waals surface area contributed by atoms with E-state index in [1.54, 1.807) is 25.2 Å². The Morgan fingerprint density at radius 3 is 2.41 bits per heavy atom. The maximum absolute atomic E-state index is 13.3. The van der Waals surface area contributed by atoms with Crippen LogP contribution in [0.2, 0.25) is 0 Å². The molecule has 2 aromatic rings. The summed E-state index contributed by atoms with van der Waals surface area (Å²) in [5.74, 6) is -0.953. The Labute approximate surface area is 205 Å². The first kappa shape index (κ1) is 26.0. The SMILES string of the molecule is Cc1ncsc1-c1ccc(CCC(=O)[C@@H]2C[C@@H](O)CN2C(=O)[C@@H](NC(=O)C(C)C)C(C)C)cc1. The number of hydrogen-bond acceptors (Lipinski definition) is 6. The molecule has 3 atom stereocenters. The van der Waals surface area contributed by atoms with E-state index in [0.717, 1.165) is 21.7 Å². The number of nitrogens with zero attached hydrogens (tertiary/aromatic N) is 2. The van der Waals surface area contributed by atoms with E-state index in [1.807, 2.05) is 50.5 Å². The molecule has 1 saturated heterocycles. The lowest BCUT2D eigenvalue weighted by Crippen LogP contribution is -2.54. The number of thiazole rings is 1. The van der Waals surface area contributed by atoms with Crippen LogP contribution in [0, 0.1) is 18.8 Å². The summed E-state index contributed by atoms with van der Waals surface area (Å²) in [5.41, 5.74) is 4.98. The van der Waals surface area contributed by atoms with Crippen molar-refractivity contribution in [2.45, 2.75) is 72.1 Å². The lowest BCUT2D eigenvalue weighted by molar-refractivity contribution is -0.142. The Hall–Kier alpha value is -2.58. The summed E-state index contributed by atoms with van der Waals surface area (Å²) >= 11 is 1.60. The molecule has 1 aliphatic rings. The summed E-state index contributed by atoms with van der Waals surface area (Å²) in [5, 5.41) is 13.1. The number of benzene rings is 1. The Morgan fingerprint density at radius 2 is 1.85 bits per heavy atom. The van der Waals surface area contributed by atoms with E-state index in [9.17, 15) is 19.5 Å². The first-order valence-corrected chi connectivity index (χ1v) is 12.8. The Morgan fingerprint density at radius 1 is 1.18 bits per heavy atom. The second-order valence-electron chi connectivity index (χ2n) is 9.71. The zero-order chi connectivity index (χ0) is 25.0. The van der Waals surface area contributed by atoms with Gasteiger partial charge in [-0.3, -0.25) is 14.4 Å². The molecular weight excluding hydrogens is 450 g/mol. The summed E-state index contributed by atoms with van der Waals surface area (Å²) in [6.07, 6.45) is 0.336. The number of hydrogen-bond donors (Lipinski definition) is 2. The summed E-state index contributed by atoms with van der Waals surface area (Å²) in [6, 6.07) is 6.73. The molecule has 2 N–H and O–H groups in total. The Balaban J connectivity index is 1.65. The van der Waals surface area contributed by atoms with Gasteiger partial charge in [-0.15, -0.1) is 11.3 Å². The van der Waals surface area contributed by atoms with Gasteiger partial charge in [0.15, 0.2) is 5.78 Å². The second-order valence-corrected chi connectivity index (χ2v) is 10.6. The fourth-order valence-corrected chi connectivity index (χ4v) is 5.02. The van der Waals surface area contributed by atoms with Crippen LogP contribution in [-0.2, 0) is 20.8 Å². The highest BCUT2D eigenvalue weighted by Gasteiger charge is 2.41. The number of aliphatic hydroxyl groups excluding tert-OH is 1. The number of aliphatic hydroxyl groups is 1. The van der Waals surface area contributed by atoms with E-state index >= 15 is 0 Å².